The van der Waals surface area contributed by atoms with Crippen molar-refractivity contribution in [3.05, 3.63) is 42.5 Å². The number of rotatable bonds is 5. The highest BCUT2D eigenvalue weighted by Crippen LogP contribution is 2.25. The highest BCUT2D eigenvalue weighted by molar-refractivity contribution is 7.98. The first-order valence-electron chi connectivity index (χ1n) is 6.25. The maximum absolute atomic E-state index is 11.9. The van der Waals surface area contributed by atoms with E-state index in [9.17, 15) is 4.79 Å². The van der Waals surface area contributed by atoms with Gasteiger partial charge in [-0.2, -0.15) is 11.8 Å². The lowest BCUT2D eigenvalue weighted by Crippen LogP contribution is -2.24. The van der Waals surface area contributed by atoms with Gasteiger partial charge in [0.05, 0.1) is 0 Å². The summed E-state index contributed by atoms with van der Waals surface area (Å²) in [7, 11) is 0. The maximum atomic E-state index is 11.9. The number of benzene rings is 1. The summed E-state index contributed by atoms with van der Waals surface area (Å²) in [5.74, 6) is 1.64. The fraction of sp³-hybridized carbons (Fsp3) is 0.400. The molecule has 2 nitrogen and oxygen atoms in total. The van der Waals surface area contributed by atoms with E-state index in [1.54, 1.807) is 0 Å². The summed E-state index contributed by atoms with van der Waals surface area (Å²) < 4.78 is 0. The summed E-state index contributed by atoms with van der Waals surface area (Å²) in [4.78, 5) is 13.7. The molecule has 1 saturated heterocycles. The molecule has 96 valence electrons. The summed E-state index contributed by atoms with van der Waals surface area (Å²) in [6.07, 6.45) is 5.68. The average molecular weight is 261 g/mol. The molecule has 2 rings (SSSR count). The Morgan fingerprint density at radius 3 is 2.72 bits per heavy atom. The van der Waals surface area contributed by atoms with Crippen LogP contribution in [0.25, 0.3) is 0 Å². The molecule has 3 heteroatoms. The molecule has 1 atom stereocenters. The molecule has 1 aliphatic heterocycles. The van der Waals surface area contributed by atoms with Gasteiger partial charge in [0.2, 0.25) is 5.91 Å². The van der Waals surface area contributed by atoms with Crippen molar-refractivity contribution in [3.8, 4) is 0 Å². The van der Waals surface area contributed by atoms with Gasteiger partial charge in [-0.3, -0.25) is 4.79 Å². The predicted molar refractivity (Wildman–Crippen MR) is 79.2 cm³/mol. The van der Waals surface area contributed by atoms with Crippen LogP contribution in [0, 0.1) is 5.92 Å². The molecule has 1 aromatic rings. The smallest absolute Gasteiger partial charge is 0.227 e. The molecule has 1 aromatic carbocycles. The van der Waals surface area contributed by atoms with E-state index in [2.05, 4.69) is 37.1 Å². The highest BCUT2D eigenvalue weighted by Gasteiger charge is 2.28. The molecule has 0 saturated carbocycles. The Hall–Kier alpha value is -1.22. The molecule has 1 aliphatic rings. The molecule has 0 radical (unpaired) electrons. The van der Waals surface area contributed by atoms with Gasteiger partial charge in [-0.25, -0.2) is 0 Å². The van der Waals surface area contributed by atoms with Crippen LogP contribution in [0.1, 0.15) is 12.0 Å². The Kier molecular flexibility index (Phi) is 4.48. The molecular weight excluding hydrogens is 242 g/mol. The van der Waals surface area contributed by atoms with Gasteiger partial charge in [0.1, 0.15) is 0 Å². The Labute approximate surface area is 113 Å². The van der Waals surface area contributed by atoms with Crippen LogP contribution in [0.15, 0.2) is 36.9 Å². The van der Waals surface area contributed by atoms with Crippen LogP contribution in [0.2, 0.25) is 0 Å². The number of amides is 1. The number of thioether (sulfide) groups is 1. The van der Waals surface area contributed by atoms with Gasteiger partial charge in [0.15, 0.2) is 0 Å². The monoisotopic (exact) mass is 261 g/mol. The fourth-order valence-corrected chi connectivity index (χ4v) is 2.64. The number of anilines is 1. The SMILES string of the molecule is C=CC1CC(=O)N(c2ccc(CCSC)cc2)C1. The molecule has 1 amide bonds. The van der Waals surface area contributed by atoms with Crippen molar-refractivity contribution in [2.75, 3.05) is 23.5 Å². The van der Waals surface area contributed by atoms with Crippen LogP contribution >= 0.6 is 11.8 Å². The molecule has 1 unspecified atom stereocenters. The van der Waals surface area contributed by atoms with Crippen LogP contribution < -0.4 is 4.90 Å². The minimum absolute atomic E-state index is 0.205. The zero-order valence-electron chi connectivity index (χ0n) is 10.8. The average Bonchev–Trinajstić information content (AvgIpc) is 2.78. The Balaban J connectivity index is 2.05. The van der Waals surface area contributed by atoms with E-state index in [0.717, 1.165) is 24.4 Å². The maximum Gasteiger partial charge on any atom is 0.227 e. The first-order chi connectivity index (χ1) is 8.74. The number of aryl methyl sites for hydroxylation is 1. The summed E-state index contributed by atoms with van der Waals surface area (Å²) in [6.45, 7) is 4.54. The standard InChI is InChI=1S/C15H19NOS/c1-3-12-10-15(17)16(11-12)14-6-4-13(5-7-14)8-9-18-2/h3-7,12H,1,8-11H2,2H3. The van der Waals surface area contributed by atoms with E-state index < -0.39 is 0 Å². The minimum atomic E-state index is 0.205. The van der Waals surface area contributed by atoms with Crippen LogP contribution in [0.4, 0.5) is 5.69 Å². The van der Waals surface area contributed by atoms with Crippen LogP contribution in [-0.2, 0) is 11.2 Å². The largest absolute Gasteiger partial charge is 0.312 e. The summed E-state index contributed by atoms with van der Waals surface area (Å²) in [6, 6.07) is 8.36. The van der Waals surface area contributed by atoms with E-state index in [-0.39, 0.29) is 5.91 Å². The zero-order valence-corrected chi connectivity index (χ0v) is 11.6. The Morgan fingerprint density at radius 1 is 1.44 bits per heavy atom. The Morgan fingerprint density at radius 2 is 2.17 bits per heavy atom. The quantitative estimate of drug-likeness (QED) is 0.759. The lowest BCUT2D eigenvalue weighted by Gasteiger charge is -2.16. The van der Waals surface area contributed by atoms with Gasteiger partial charge in [0, 0.05) is 24.6 Å². The highest BCUT2D eigenvalue weighted by atomic mass is 32.2. The van der Waals surface area contributed by atoms with Gasteiger partial charge >= 0.3 is 0 Å². The summed E-state index contributed by atoms with van der Waals surface area (Å²) >= 11 is 1.85. The molecular formula is C15H19NOS. The van der Waals surface area contributed by atoms with Crippen molar-refractivity contribution >= 4 is 23.4 Å². The molecule has 0 aliphatic carbocycles. The topological polar surface area (TPSA) is 20.3 Å². The van der Waals surface area contributed by atoms with Gasteiger partial charge in [-0.1, -0.05) is 18.2 Å². The molecule has 1 fully saturated rings. The third kappa shape index (κ3) is 2.96. The van der Waals surface area contributed by atoms with Crippen LogP contribution in [0.3, 0.4) is 0 Å². The van der Waals surface area contributed by atoms with Gasteiger partial charge in [0.25, 0.3) is 0 Å². The van der Waals surface area contributed by atoms with Crippen LogP contribution in [-0.4, -0.2) is 24.5 Å². The van der Waals surface area contributed by atoms with Gasteiger partial charge < -0.3 is 4.90 Å². The number of hydrogen-bond acceptors (Lipinski definition) is 2. The molecule has 0 bridgehead atoms. The fourth-order valence-electron chi connectivity index (χ4n) is 2.21. The normalized spacial score (nSPS) is 19.3. The number of carbonyl (C=O) groups excluding carboxylic acids is 1. The molecule has 1 heterocycles. The van der Waals surface area contributed by atoms with E-state index in [1.165, 1.54) is 5.56 Å². The second-order valence-electron chi connectivity index (χ2n) is 4.61. The predicted octanol–water partition coefficient (Wildman–Crippen LogP) is 3.13. The number of carbonyl (C=O) groups is 1. The lowest BCUT2D eigenvalue weighted by molar-refractivity contribution is -0.117. The third-order valence-electron chi connectivity index (χ3n) is 3.33. The molecule has 0 spiro atoms. The van der Waals surface area contributed by atoms with Crippen molar-refractivity contribution in [1.29, 1.82) is 0 Å². The second-order valence-corrected chi connectivity index (χ2v) is 5.60. The Bertz CT molecular complexity index is 427. The van der Waals surface area contributed by atoms with Crippen molar-refractivity contribution in [3.63, 3.8) is 0 Å². The van der Waals surface area contributed by atoms with Crippen LogP contribution in [0.5, 0.6) is 0 Å². The number of nitrogens with zero attached hydrogens (tertiary/aromatic N) is 1. The van der Waals surface area contributed by atoms with Crippen molar-refractivity contribution in [1.82, 2.24) is 0 Å². The number of hydrogen-bond donors (Lipinski definition) is 0. The van der Waals surface area contributed by atoms with Crippen molar-refractivity contribution in [2.45, 2.75) is 12.8 Å². The summed E-state index contributed by atoms with van der Waals surface area (Å²) in [5.41, 5.74) is 2.34. The second kappa shape index (κ2) is 6.10. The molecule has 0 N–H and O–H groups in total. The van der Waals surface area contributed by atoms with Crippen molar-refractivity contribution < 1.29 is 4.79 Å². The van der Waals surface area contributed by atoms with E-state index >= 15 is 0 Å². The first kappa shape index (κ1) is 13.2. The van der Waals surface area contributed by atoms with E-state index in [1.807, 2.05) is 22.7 Å². The molecule has 0 aromatic heterocycles. The zero-order chi connectivity index (χ0) is 13.0. The van der Waals surface area contributed by atoms with E-state index in [4.69, 9.17) is 0 Å². The minimum Gasteiger partial charge on any atom is -0.312 e. The lowest BCUT2D eigenvalue weighted by atomic mass is 10.1. The van der Waals surface area contributed by atoms with Gasteiger partial charge in [-0.15, -0.1) is 6.58 Å². The molecule has 18 heavy (non-hydrogen) atoms. The van der Waals surface area contributed by atoms with E-state index in [0.29, 0.717) is 12.3 Å². The first-order valence-corrected chi connectivity index (χ1v) is 7.64. The van der Waals surface area contributed by atoms with Crippen molar-refractivity contribution in [2.24, 2.45) is 5.92 Å². The van der Waals surface area contributed by atoms with Gasteiger partial charge in [-0.05, 0) is 36.1 Å². The third-order valence-corrected chi connectivity index (χ3v) is 3.94. The summed E-state index contributed by atoms with van der Waals surface area (Å²) in [5, 5.41) is 0.